The van der Waals surface area contributed by atoms with Crippen LogP contribution in [0, 0.1) is 11.3 Å². The van der Waals surface area contributed by atoms with Crippen LogP contribution in [0.25, 0.3) is 0 Å². The highest BCUT2D eigenvalue weighted by Gasteiger charge is 2.05. The highest BCUT2D eigenvalue weighted by Crippen LogP contribution is 2.00. The quantitative estimate of drug-likeness (QED) is 0.407. The Morgan fingerprint density at radius 3 is 2.22 bits per heavy atom. The molecule has 0 aromatic carbocycles. The van der Waals surface area contributed by atoms with Gasteiger partial charge in [0.05, 0.1) is 8.07 Å². The molecule has 0 aromatic heterocycles. The SMILES string of the molecule is C[Si](C)(C)/C=C/C#CCl. The Morgan fingerprint density at radius 1 is 1.33 bits per heavy atom. The molecule has 0 bridgehead atoms. The zero-order valence-electron chi connectivity index (χ0n) is 6.03. The van der Waals surface area contributed by atoms with E-state index >= 15 is 0 Å². The van der Waals surface area contributed by atoms with Gasteiger partial charge in [0.15, 0.2) is 0 Å². The summed E-state index contributed by atoms with van der Waals surface area (Å²) < 4.78 is 0. The monoisotopic (exact) mass is 158 g/mol. The highest BCUT2D eigenvalue weighted by atomic mass is 35.5. The van der Waals surface area contributed by atoms with Crippen LogP contribution in [0.1, 0.15) is 0 Å². The van der Waals surface area contributed by atoms with Crippen LogP contribution in [0.4, 0.5) is 0 Å². The van der Waals surface area contributed by atoms with Gasteiger partial charge in [-0.2, -0.15) is 0 Å². The van der Waals surface area contributed by atoms with E-state index in [0.717, 1.165) is 0 Å². The van der Waals surface area contributed by atoms with Crippen molar-refractivity contribution in [2.24, 2.45) is 0 Å². The molecule has 2 heteroatoms. The first-order valence-corrected chi connectivity index (χ1v) is 6.80. The second-order valence-corrected chi connectivity index (χ2v) is 8.19. The summed E-state index contributed by atoms with van der Waals surface area (Å²) in [5.41, 5.74) is 2.16. The molecule has 0 aliphatic heterocycles. The van der Waals surface area contributed by atoms with Crippen LogP contribution in [-0.4, -0.2) is 8.07 Å². The topological polar surface area (TPSA) is 0 Å². The van der Waals surface area contributed by atoms with Crippen LogP contribution in [0.2, 0.25) is 19.6 Å². The van der Waals surface area contributed by atoms with E-state index in [1.54, 1.807) is 0 Å². The Bertz CT molecular complexity index is 154. The van der Waals surface area contributed by atoms with Crippen molar-refractivity contribution in [3.05, 3.63) is 11.8 Å². The Balaban J connectivity index is 3.81. The molecule has 0 unspecified atom stereocenters. The molecule has 9 heavy (non-hydrogen) atoms. The Morgan fingerprint density at radius 2 is 1.89 bits per heavy atom. The average Bonchev–Trinajstić information content (AvgIpc) is 1.63. The standard InChI is InChI=1S/C7H11ClSi/c1-9(2,3)7-5-4-6-8/h5,7H,1-3H3/b7-5+. The summed E-state index contributed by atoms with van der Waals surface area (Å²) in [6.45, 7) is 6.75. The van der Waals surface area contributed by atoms with E-state index in [1.165, 1.54) is 0 Å². The molecule has 0 aliphatic rings. The molecular weight excluding hydrogens is 148 g/mol. The third-order valence-electron chi connectivity index (χ3n) is 0.721. The number of hydrogen-bond acceptors (Lipinski definition) is 0. The molecule has 0 atom stereocenters. The van der Waals surface area contributed by atoms with Crippen molar-refractivity contribution in [2.75, 3.05) is 0 Å². The van der Waals surface area contributed by atoms with Gasteiger partial charge in [-0.1, -0.05) is 31.3 Å². The van der Waals surface area contributed by atoms with E-state index in [0.29, 0.717) is 0 Å². The van der Waals surface area contributed by atoms with Gasteiger partial charge in [-0.3, -0.25) is 0 Å². The highest BCUT2D eigenvalue weighted by molar-refractivity contribution is 6.81. The van der Waals surface area contributed by atoms with Crippen LogP contribution in [0.5, 0.6) is 0 Å². The summed E-state index contributed by atoms with van der Waals surface area (Å²) in [6.07, 6.45) is 1.83. The zero-order chi connectivity index (χ0) is 7.33. The van der Waals surface area contributed by atoms with Crippen molar-refractivity contribution >= 4 is 19.7 Å². The third-order valence-corrected chi connectivity index (χ3v) is 2.00. The summed E-state index contributed by atoms with van der Waals surface area (Å²) in [4.78, 5) is 0. The van der Waals surface area contributed by atoms with Crippen LogP contribution in [-0.2, 0) is 0 Å². The van der Waals surface area contributed by atoms with Crippen LogP contribution < -0.4 is 0 Å². The Labute approximate surface area is 62.9 Å². The lowest BCUT2D eigenvalue weighted by atomic mass is 10.7. The first-order valence-electron chi connectivity index (χ1n) is 2.85. The van der Waals surface area contributed by atoms with Crippen LogP contribution in [0.15, 0.2) is 11.8 Å². The second-order valence-electron chi connectivity index (χ2n) is 2.94. The summed E-state index contributed by atoms with van der Waals surface area (Å²) >= 11 is 5.13. The zero-order valence-corrected chi connectivity index (χ0v) is 7.79. The number of rotatable bonds is 1. The summed E-state index contributed by atoms with van der Waals surface area (Å²) in [5, 5.41) is 2.30. The van der Waals surface area contributed by atoms with E-state index in [9.17, 15) is 0 Å². The van der Waals surface area contributed by atoms with Gasteiger partial charge in [-0.25, -0.2) is 0 Å². The molecule has 0 saturated heterocycles. The molecule has 0 aliphatic carbocycles. The second kappa shape index (κ2) is 3.76. The normalized spacial score (nSPS) is 11.1. The Kier molecular flexibility index (Phi) is 3.68. The molecule has 0 nitrogen and oxygen atoms in total. The van der Waals surface area contributed by atoms with Gasteiger partial charge in [-0.15, -0.1) is 0 Å². The molecule has 0 radical (unpaired) electrons. The molecule has 0 saturated carbocycles. The lowest BCUT2D eigenvalue weighted by Crippen LogP contribution is -2.14. The van der Waals surface area contributed by atoms with Crippen LogP contribution in [0.3, 0.4) is 0 Å². The van der Waals surface area contributed by atoms with Crippen molar-refractivity contribution < 1.29 is 0 Å². The van der Waals surface area contributed by atoms with Gasteiger partial charge in [0, 0.05) is 5.38 Å². The maximum atomic E-state index is 5.13. The number of halogens is 1. The lowest BCUT2D eigenvalue weighted by molar-refractivity contribution is 1.77. The van der Waals surface area contributed by atoms with E-state index in [2.05, 4.69) is 36.6 Å². The minimum absolute atomic E-state index is 1.04. The van der Waals surface area contributed by atoms with Gasteiger partial charge in [0.1, 0.15) is 0 Å². The van der Waals surface area contributed by atoms with Gasteiger partial charge in [0.2, 0.25) is 0 Å². The first kappa shape index (κ1) is 8.81. The predicted octanol–water partition coefficient (Wildman–Crippen LogP) is 2.62. The molecular formula is C7H11ClSi. The van der Waals surface area contributed by atoms with Gasteiger partial charge in [0.25, 0.3) is 0 Å². The van der Waals surface area contributed by atoms with Crippen molar-refractivity contribution in [3.8, 4) is 11.3 Å². The van der Waals surface area contributed by atoms with E-state index in [-0.39, 0.29) is 0 Å². The van der Waals surface area contributed by atoms with Crippen molar-refractivity contribution in [2.45, 2.75) is 19.6 Å². The van der Waals surface area contributed by atoms with E-state index in [4.69, 9.17) is 11.6 Å². The summed E-state index contributed by atoms with van der Waals surface area (Å²) in [6, 6.07) is 0. The molecule has 0 amide bonds. The van der Waals surface area contributed by atoms with E-state index < -0.39 is 8.07 Å². The van der Waals surface area contributed by atoms with Crippen LogP contribution >= 0.6 is 11.6 Å². The molecule has 0 spiro atoms. The molecule has 0 aromatic rings. The smallest absolute Gasteiger partial charge is 0.0695 e. The molecule has 0 heterocycles. The maximum Gasteiger partial charge on any atom is 0.0695 e. The van der Waals surface area contributed by atoms with Crippen molar-refractivity contribution in [1.82, 2.24) is 0 Å². The summed E-state index contributed by atoms with van der Waals surface area (Å²) in [5.74, 6) is 2.67. The van der Waals surface area contributed by atoms with Gasteiger partial charge >= 0.3 is 0 Å². The number of hydrogen-bond donors (Lipinski definition) is 0. The molecule has 0 N–H and O–H groups in total. The summed E-state index contributed by atoms with van der Waals surface area (Å²) in [7, 11) is -1.04. The maximum absolute atomic E-state index is 5.13. The molecule has 0 fully saturated rings. The lowest BCUT2D eigenvalue weighted by Gasteiger charge is -2.05. The van der Waals surface area contributed by atoms with Crippen molar-refractivity contribution in [1.29, 1.82) is 0 Å². The first-order chi connectivity index (χ1) is 4.06. The number of allylic oxidation sites excluding steroid dienone is 1. The molecule has 0 rings (SSSR count). The van der Waals surface area contributed by atoms with Crippen molar-refractivity contribution in [3.63, 3.8) is 0 Å². The largest absolute Gasteiger partial charge is 0.0868 e. The predicted molar refractivity (Wildman–Crippen MR) is 46.1 cm³/mol. The Hall–Kier alpha value is -0.193. The fourth-order valence-electron chi connectivity index (χ4n) is 0.323. The fraction of sp³-hybridized carbons (Fsp3) is 0.429. The fourth-order valence-corrected chi connectivity index (χ4v) is 0.969. The van der Waals surface area contributed by atoms with Gasteiger partial charge in [-0.05, 0) is 17.7 Å². The average molecular weight is 159 g/mol. The minimum Gasteiger partial charge on any atom is -0.0868 e. The van der Waals surface area contributed by atoms with Gasteiger partial charge < -0.3 is 0 Å². The molecule has 50 valence electrons. The minimum atomic E-state index is -1.04. The third kappa shape index (κ3) is 7.81. The van der Waals surface area contributed by atoms with E-state index in [1.807, 2.05) is 6.08 Å².